The highest BCUT2D eigenvalue weighted by Crippen LogP contribution is 2.32. The number of amides is 2. The third-order valence-corrected chi connectivity index (χ3v) is 4.63. The Labute approximate surface area is 164 Å². The number of rotatable bonds is 5. The number of halogens is 4. The highest BCUT2D eigenvalue weighted by molar-refractivity contribution is 6.31. The predicted octanol–water partition coefficient (Wildman–Crippen LogP) is 4.43. The van der Waals surface area contributed by atoms with Crippen LogP contribution in [0.2, 0.25) is 5.02 Å². The SMILES string of the molecule is Cc1cc(Cl)cc(C(N)=O)c1NC(=O)c1cc(C(F)(F)F)nn1C(C)C(C)C. The van der Waals surface area contributed by atoms with Crippen molar-refractivity contribution >= 4 is 29.1 Å². The van der Waals surface area contributed by atoms with E-state index >= 15 is 0 Å². The first-order valence-corrected chi connectivity index (χ1v) is 8.78. The Morgan fingerprint density at radius 3 is 2.32 bits per heavy atom. The lowest BCUT2D eigenvalue weighted by molar-refractivity contribution is -0.141. The van der Waals surface area contributed by atoms with Crippen LogP contribution in [0.1, 0.15) is 58.9 Å². The van der Waals surface area contributed by atoms with Crippen LogP contribution in [-0.2, 0) is 6.18 Å². The van der Waals surface area contributed by atoms with Gasteiger partial charge in [0.25, 0.3) is 11.8 Å². The lowest BCUT2D eigenvalue weighted by Gasteiger charge is -2.19. The lowest BCUT2D eigenvalue weighted by atomic mass is 10.1. The maximum Gasteiger partial charge on any atom is 0.435 e. The number of nitrogens with one attached hydrogen (secondary N) is 1. The third-order valence-electron chi connectivity index (χ3n) is 4.41. The van der Waals surface area contributed by atoms with Crippen molar-refractivity contribution in [2.75, 3.05) is 5.32 Å². The number of aromatic nitrogens is 2. The first-order valence-electron chi connectivity index (χ1n) is 8.41. The highest BCUT2D eigenvalue weighted by Gasteiger charge is 2.37. The molecule has 0 radical (unpaired) electrons. The van der Waals surface area contributed by atoms with Gasteiger partial charge in [-0.05, 0) is 37.5 Å². The second-order valence-electron chi connectivity index (χ2n) is 6.81. The number of anilines is 1. The molecule has 6 nitrogen and oxygen atoms in total. The van der Waals surface area contributed by atoms with Gasteiger partial charge in [0.05, 0.1) is 17.3 Å². The molecule has 28 heavy (non-hydrogen) atoms. The van der Waals surface area contributed by atoms with Crippen LogP contribution in [0.5, 0.6) is 0 Å². The molecule has 152 valence electrons. The van der Waals surface area contributed by atoms with Gasteiger partial charge in [-0.15, -0.1) is 0 Å². The Hall–Kier alpha value is -2.55. The van der Waals surface area contributed by atoms with Crippen LogP contribution in [0.25, 0.3) is 0 Å². The van der Waals surface area contributed by atoms with E-state index in [1.165, 1.54) is 12.1 Å². The largest absolute Gasteiger partial charge is 0.435 e. The summed E-state index contributed by atoms with van der Waals surface area (Å²) < 4.78 is 40.4. The summed E-state index contributed by atoms with van der Waals surface area (Å²) in [5.41, 5.74) is 4.36. The van der Waals surface area contributed by atoms with Gasteiger partial charge in [-0.2, -0.15) is 18.3 Å². The topological polar surface area (TPSA) is 90.0 Å². The van der Waals surface area contributed by atoms with Crippen LogP contribution in [0.4, 0.5) is 18.9 Å². The summed E-state index contributed by atoms with van der Waals surface area (Å²) in [5.74, 6) is -1.75. The Bertz CT molecular complexity index is 922. The van der Waals surface area contributed by atoms with E-state index in [9.17, 15) is 22.8 Å². The fraction of sp³-hybridized carbons (Fsp3) is 0.389. The second-order valence-corrected chi connectivity index (χ2v) is 7.24. The van der Waals surface area contributed by atoms with Crippen LogP contribution < -0.4 is 11.1 Å². The molecule has 1 aromatic carbocycles. The number of carbonyl (C=O) groups excluding carboxylic acids is 2. The average molecular weight is 417 g/mol. The van der Waals surface area contributed by atoms with E-state index < -0.39 is 29.7 Å². The van der Waals surface area contributed by atoms with Crippen LogP contribution in [0.3, 0.4) is 0 Å². The summed E-state index contributed by atoms with van der Waals surface area (Å²) in [6.45, 7) is 6.85. The van der Waals surface area contributed by atoms with Gasteiger partial charge < -0.3 is 11.1 Å². The minimum absolute atomic E-state index is 0.0441. The van der Waals surface area contributed by atoms with Crippen LogP contribution in [0.15, 0.2) is 18.2 Å². The summed E-state index contributed by atoms with van der Waals surface area (Å²) in [5, 5.41) is 6.29. The van der Waals surface area contributed by atoms with Gasteiger partial charge >= 0.3 is 6.18 Å². The predicted molar refractivity (Wildman–Crippen MR) is 99.4 cm³/mol. The molecule has 0 saturated carbocycles. The fourth-order valence-electron chi connectivity index (χ4n) is 2.58. The third kappa shape index (κ3) is 4.46. The molecular formula is C18H20ClF3N4O2. The number of nitrogens with zero attached hydrogens (tertiary/aromatic N) is 2. The number of alkyl halides is 3. The van der Waals surface area contributed by atoms with Crippen molar-refractivity contribution in [1.29, 1.82) is 0 Å². The Kier molecular flexibility index (Phi) is 6.08. The zero-order chi connectivity index (χ0) is 21.4. The summed E-state index contributed by atoms with van der Waals surface area (Å²) in [6.07, 6.45) is -4.70. The molecule has 0 spiro atoms. The van der Waals surface area contributed by atoms with Gasteiger partial charge in [0.1, 0.15) is 5.69 Å². The second kappa shape index (κ2) is 7.83. The summed E-state index contributed by atoms with van der Waals surface area (Å²) >= 11 is 5.92. The monoisotopic (exact) mass is 416 g/mol. The lowest BCUT2D eigenvalue weighted by Crippen LogP contribution is -2.24. The van der Waals surface area contributed by atoms with E-state index in [4.69, 9.17) is 17.3 Å². The molecule has 10 heteroatoms. The first kappa shape index (κ1) is 21.7. The molecule has 0 fully saturated rings. The van der Waals surface area contributed by atoms with Crippen molar-refractivity contribution in [1.82, 2.24) is 9.78 Å². The van der Waals surface area contributed by atoms with E-state index in [-0.39, 0.29) is 27.9 Å². The number of aryl methyl sites for hydroxylation is 1. The maximum atomic E-state index is 13.1. The van der Waals surface area contributed by atoms with Crippen molar-refractivity contribution in [3.8, 4) is 0 Å². The van der Waals surface area contributed by atoms with Gasteiger partial charge in [-0.1, -0.05) is 25.4 Å². The van der Waals surface area contributed by atoms with Crippen LogP contribution in [-0.4, -0.2) is 21.6 Å². The average Bonchev–Trinajstić information content (AvgIpc) is 3.01. The van der Waals surface area contributed by atoms with Gasteiger partial charge in [0.15, 0.2) is 5.69 Å². The molecule has 1 unspecified atom stereocenters. The number of hydrogen-bond donors (Lipinski definition) is 2. The van der Waals surface area contributed by atoms with Gasteiger partial charge in [-0.3, -0.25) is 14.3 Å². The van der Waals surface area contributed by atoms with Crippen molar-refractivity contribution in [3.63, 3.8) is 0 Å². The molecule has 2 aromatic rings. The highest BCUT2D eigenvalue weighted by atomic mass is 35.5. The van der Waals surface area contributed by atoms with E-state index in [1.807, 2.05) is 0 Å². The minimum atomic E-state index is -4.70. The van der Waals surface area contributed by atoms with Crippen LogP contribution in [0, 0.1) is 12.8 Å². The molecule has 0 saturated heterocycles. The Morgan fingerprint density at radius 2 is 1.82 bits per heavy atom. The van der Waals surface area contributed by atoms with E-state index in [0.29, 0.717) is 11.6 Å². The number of benzene rings is 1. The van der Waals surface area contributed by atoms with Gasteiger partial charge in [0, 0.05) is 11.1 Å². The zero-order valence-electron chi connectivity index (χ0n) is 15.7. The molecule has 0 aliphatic carbocycles. The van der Waals surface area contributed by atoms with Crippen molar-refractivity contribution in [2.24, 2.45) is 11.7 Å². The van der Waals surface area contributed by atoms with E-state index in [2.05, 4.69) is 10.4 Å². The smallest absolute Gasteiger partial charge is 0.366 e. The number of hydrogen-bond acceptors (Lipinski definition) is 3. The molecule has 2 rings (SSSR count). The maximum absolute atomic E-state index is 13.1. The Balaban J connectivity index is 2.53. The molecule has 0 aliphatic rings. The summed E-state index contributed by atoms with van der Waals surface area (Å²) in [7, 11) is 0. The number of carbonyl (C=O) groups is 2. The van der Waals surface area contributed by atoms with E-state index in [0.717, 1.165) is 4.68 Å². The van der Waals surface area contributed by atoms with Crippen molar-refractivity contribution in [3.05, 3.63) is 45.7 Å². The standard InChI is InChI=1S/C18H20ClF3N4O2/c1-8(2)10(4)26-13(7-14(25-26)18(20,21)22)17(28)24-15-9(3)5-11(19)6-12(15)16(23)27/h5-8,10H,1-4H3,(H2,23,27)(H,24,28). The molecule has 0 aliphatic heterocycles. The quantitative estimate of drug-likeness (QED) is 0.755. The molecule has 3 N–H and O–H groups in total. The summed E-state index contributed by atoms with van der Waals surface area (Å²) in [4.78, 5) is 24.5. The molecular weight excluding hydrogens is 397 g/mol. The fourth-order valence-corrected chi connectivity index (χ4v) is 2.85. The minimum Gasteiger partial charge on any atom is -0.366 e. The molecule has 0 bridgehead atoms. The first-order chi connectivity index (χ1) is 12.8. The van der Waals surface area contributed by atoms with Crippen LogP contribution >= 0.6 is 11.6 Å². The van der Waals surface area contributed by atoms with Crippen molar-refractivity contribution in [2.45, 2.75) is 39.9 Å². The van der Waals surface area contributed by atoms with Gasteiger partial charge in [-0.25, -0.2) is 0 Å². The summed E-state index contributed by atoms with van der Waals surface area (Å²) in [6, 6.07) is 2.99. The van der Waals surface area contributed by atoms with Crippen molar-refractivity contribution < 1.29 is 22.8 Å². The molecule has 2 amide bonds. The molecule has 1 aromatic heterocycles. The molecule has 1 heterocycles. The molecule has 1 atom stereocenters. The Morgan fingerprint density at radius 1 is 1.21 bits per heavy atom. The number of nitrogens with two attached hydrogens (primary N) is 1. The van der Waals surface area contributed by atoms with E-state index in [1.54, 1.807) is 27.7 Å². The zero-order valence-corrected chi connectivity index (χ0v) is 16.4. The normalized spacial score (nSPS) is 12.9. The van der Waals surface area contributed by atoms with Gasteiger partial charge in [0.2, 0.25) is 0 Å². The number of primary amides is 1.